The number of aryl methyl sites for hydroxylation is 2. The van der Waals surface area contributed by atoms with Gasteiger partial charge in [-0.15, -0.1) is 0 Å². The van der Waals surface area contributed by atoms with Crippen molar-refractivity contribution >= 4 is 11.6 Å². The van der Waals surface area contributed by atoms with Gasteiger partial charge in [-0.05, 0) is 43.7 Å². The molecule has 0 aliphatic heterocycles. The number of halogens is 1. The second kappa shape index (κ2) is 6.86. The molecule has 1 unspecified atom stereocenters. The zero-order chi connectivity index (χ0) is 14.5. The minimum atomic E-state index is 0.201. The van der Waals surface area contributed by atoms with Crippen LogP contribution in [0.4, 0.5) is 0 Å². The van der Waals surface area contributed by atoms with Crippen LogP contribution in [-0.4, -0.2) is 21.3 Å². The molecule has 4 nitrogen and oxygen atoms in total. The van der Waals surface area contributed by atoms with Crippen LogP contribution in [0.1, 0.15) is 36.8 Å². The maximum Gasteiger partial charge on any atom is 0.138 e. The third-order valence-corrected chi connectivity index (χ3v) is 3.52. The van der Waals surface area contributed by atoms with E-state index in [1.54, 1.807) is 6.33 Å². The van der Waals surface area contributed by atoms with E-state index in [0.29, 0.717) is 0 Å². The van der Waals surface area contributed by atoms with Crippen molar-refractivity contribution in [3.63, 3.8) is 0 Å². The molecule has 1 aromatic carbocycles. The summed E-state index contributed by atoms with van der Waals surface area (Å²) in [5.74, 6) is 0.996. The highest BCUT2D eigenvalue weighted by atomic mass is 35.5. The van der Waals surface area contributed by atoms with Crippen LogP contribution in [0.2, 0.25) is 5.02 Å². The summed E-state index contributed by atoms with van der Waals surface area (Å²) in [7, 11) is 0. The fourth-order valence-corrected chi connectivity index (χ4v) is 2.71. The molecular formula is C15H21ClN4. The van der Waals surface area contributed by atoms with Gasteiger partial charge in [0.2, 0.25) is 0 Å². The first kappa shape index (κ1) is 15.0. The normalized spacial score (nSPS) is 12.6. The highest BCUT2D eigenvalue weighted by Gasteiger charge is 2.15. The molecule has 0 spiro atoms. The number of likely N-dealkylation sites (N-methyl/N-ethyl adjacent to an activating group) is 1. The van der Waals surface area contributed by atoms with Crippen LogP contribution in [-0.2, 0) is 13.0 Å². The summed E-state index contributed by atoms with van der Waals surface area (Å²) in [5.41, 5.74) is 2.37. The summed E-state index contributed by atoms with van der Waals surface area (Å²) in [4.78, 5) is 4.36. The van der Waals surface area contributed by atoms with Gasteiger partial charge in [-0.25, -0.2) is 4.98 Å². The fourth-order valence-electron chi connectivity index (χ4n) is 2.41. The van der Waals surface area contributed by atoms with Crippen molar-refractivity contribution in [2.45, 2.75) is 39.8 Å². The third kappa shape index (κ3) is 3.58. The molecular weight excluding hydrogens is 272 g/mol. The van der Waals surface area contributed by atoms with Gasteiger partial charge < -0.3 is 5.32 Å². The summed E-state index contributed by atoms with van der Waals surface area (Å²) in [6, 6.07) is 6.37. The van der Waals surface area contributed by atoms with Crippen LogP contribution in [0.5, 0.6) is 0 Å². The minimum Gasteiger partial charge on any atom is -0.310 e. The zero-order valence-electron chi connectivity index (χ0n) is 12.2. The van der Waals surface area contributed by atoms with Gasteiger partial charge in [-0.1, -0.05) is 24.6 Å². The molecule has 5 heteroatoms. The fraction of sp³-hybridized carbons (Fsp3) is 0.467. The van der Waals surface area contributed by atoms with E-state index in [4.69, 9.17) is 11.6 Å². The van der Waals surface area contributed by atoms with Crippen molar-refractivity contribution in [1.82, 2.24) is 20.1 Å². The van der Waals surface area contributed by atoms with Gasteiger partial charge in [-0.3, -0.25) is 4.68 Å². The smallest absolute Gasteiger partial charge is 0.138 e. The molecule has 0 bridgehead atoms. The zero-order valence-corrected chi connectivity index (χ0v) is 13.0. The van der Waals surface area contributed by atoms with E-state index >= 15 is 0 Å². The number of benzene rings is 1. The molecule has 108 valence electrons. The minimum absolute atomic E-state index is 0.201. The second-order valence-corrected chi connectivity index (χ2v) is 5.30. The van der Waals surface area contributed by atoms with Crippen LogP contribution in [0.25, 0.3) is 0 Å². The lowest BCUT2D eigenvalue weighted by Crippen LogP contribution is -2.24. The lowest BCUT2D eigenvalue weighted by Gasteiger charge is -2.19. The van der Waals surface area contributed by atoms with Gasteiger partial charge in [0.15, 0.2) is 0 Å². The Morgan fingerprint density at radius 2 is 2.10 bits per heavy atom. The number of hydrogen-bond donors (Lipinski definition) is 1. The monoisotopic (exact) mass is 292 g/mol. The van der Waals surface area contributed by atoms with Crippen LogP contribution in [0.15, 0.2) is 24.5 Å². The highest BCUT2D eigenvalue weighted by Crippen LogP contribution is 2.23. The van der Waals surface area contributed by atoms with Gasteiger partial charge in [0.05, 0.1) is 0 Å². The van der Waals surface area contributed by atoms with E-state index in [9.17, 15) is 0 Å². The van der Waals surface area contributed by atoms with E-state index in [1.807, 2.05) is 16.8 Å². The molecule has 0 aliphatic carbocycles. The topological polar surface area (TPSA) is 42.7 Å². The van der Waals surface area contributed by atoms with Crippen LogP contribution in [0.3, 0.4) is 0 Å². The SMILES string of the molecule is CCNC(Cc1ncnn1CC)c1cc(C)cc(Cl)c1. The maximum atomic E-state index is 6.17. The summed E-state index contributed by atoms with van der Waals surface area (Å²) < 4.78 is 1.93. The molecule has 1 heterocycles. The van der Waals surface area contributed by atoms with E-state index < -0.39 is 0 Å². The van der Waals surface area contributed by atoms with Gasteiger partial charge in [0.1, 0.15) is 12.2 Å². The average molecular weight is 293 g/mol. The molecule has 1 aromatic heterocycles. The molecule has 2 aromatic rings. The summed E-state index contributed by atoms with van der Waals surface area (Å²) in [5, 5.41) is 8.51. The molecule has 0 saturated carbocycles. The number of nitrogens with zero attached hydrogens (tertiary/aromatic N) is 3. The average Bonchev–Trinajstić information content (AvgIpc) is 2.84. The quantitative estimate of drug-likeness (QED) is 0.889. The third-order valence-electron chi connectivity index (χ3n) is 3.30. The standard InChI is InChI=1S/C15H21ClN4/c1-4-17-14(9-15-18-10-19-20(15)5-2)12-6-11(3)7-13(16)8-12/h6-8,10,14,17H,4-5,9H2,1-3H3. The van der Waals surface area contributed by atoms with Crippen molar-refractivity contribution in [1.29, 1.82) is 0 Å². The van der Waals surface area contributed by atoms with E-state index in [2.05, 4.69) is 42.2 Å². The number of aromatic nitrogens is 3. The highest BCUT2D eigenvalue weighted by molar-refractivity contribution is 6.30. The molecule has 0 amide bonds. The Bertz CT molecular complexity index is 545. The number of nitrogens with one attached hydrogen (secondary N) is 1. The molecule has 2 rings (SSSR count). The van der Waals surface area contributed by atoms with E-state index in [-0.39, 0.29) is 6.04 Å². The molecule has 0 fully saturated rings. The number of hydrogen-bond acceptors (Lipinski definition) is 3. The summed E-state index contributed by atoms with van der Waals surface area (Å²) >= 11 is 6.17. The van der Waals surface area contributed by atoms with Crippen LogP contribution >= 0.6 is 11.6 Å². The molecule has 0 radical (unpaired) electrons. The second-order valence-electron chi connectivity index (χ2n) is 4.87. The Labute approximate surface area is 125 Å². The van der Waals surface area contributed by atoms with Crippen LogP contribution in [0, 0.1) is 6.92 Å². The molecule has 1 N–H and O–H groups in total. The summed E-state index contributed by atoms with van der Waals surface area (Å²) in [6.45, 7) is 7.98. The van der Waals surface area contributed by atoms with Crippen molar-refractivity contribution in [2.24, 2.45) is 0 Å². The first-order valence-corrected chi connectivity index (χ1v) is 7.39. The lowest BCUT2D eigenvalue weighted by molar-refractivity contribution is 0.509. The van der Waals surface area contributed by atoms with Crippen molar-refractivity contribution < 1.29 is 0 Å². The first-order valence-electron chi connectivity index (χ1n) is 7.01. The maximum absolute atomic E-state index is 6.17. The van der Waals surface area contributed by atoms with Gasteiger partial charge in [0.25, 0.3) is 0 Å². The largest absolute Gasteiger partial charge is 0.310 e. The Morgan fingerprint density at radius 3 is 2.75 bits per heavy atom. The van der Waals surface area contributed by atoms with Crippen LogP contribution < -0.4 is 5.32 Å². The summed E-state index contributed by atoms with van der Waals surface area (Å²) in [6.07, 6.45) is 2.42. The van der Waals surface area contributed by atoms with E-state index in [0.717, 1.165) is 30.4 Å². The van der Waals surface area contributed by atoms with Gasteiger partial charge >= 0.3 is 0 Å². The van der Waals surface area contributed by atoms with Crippen molar-refractivity contribution in [2.75, 3.05) is 6.54 Å². The van der Waals surface area contributed by atoms with E-state index in [1.165, 1.54) is 11.1 Å². The number of rotatable bonds is 6. The molecule has 20 heavy (non-hydrogen) atoms. The first-order chi connectivity index (χ1) is 9.63. The Balaban J connectivity index is 2.26. The van der Waals surface area contributed by atoms with Gasteiger partial charge in [0, 0.05) is 24.0 Å². The lowest BCUT2D eigenvalue weighted by atomic mass is 10.0. The van der Waals surface area contributed by atoms with Gasteiger partial charge in [-0.2, -0.15) is 5.10 Å². The van der Waals surface area contributed by atoms with Crippen molar-refractivity contribution in [3.05, 3.63) is 46.5 Å². The Hall–Kier alpha value is -1.39. The Morgan fingerprint density at radius 1 is 1.30 bits per heavy atom. The molecule has 0 aliphatic rings. The predicted molar refractivity (Wildman–Crippen MR) is 82.0 cm³/mol. The molecule has 1 atom stereocenters. The Kier molecular flexibility index (Phi) is 5.15. The predicted octanol–water partition coefficient (Wildman–Crippen LogP) is 3.15. The van der Waals surface area contributed by atoms with Crippen molar-refractivity contribution in [3.8, 4) is 0 Å². The molecule has 0 saturated heterocycles.